The van der Waals surface area contributed by atoms with Crippen molar-refractivity contribution < 1.29 is 22.7 Å². The first-order valence-corrected chi connectivity index (χ1v) is 12.0. The maximum atomic E-state index is 13.1. The number of cyclic esters (lactones) is 1. The van der Waals surface area contributed by atoms with Crippen LogP contribution in [-0.2, 0) is 21.4 Å². The monoisotopic (exact) mass is 444 g/mol. The molecule has 31 heavy (non-hydrogen) atoms. The van der Waals surface area contributed by atoms with Crippen LogP contribution in [0.15, 0.2) is 47.4 Å². The SMILES string of the molecule is Cc1ccc2c(c1)COC(=O)N2C1CCN(S(=O)(=O)c2ccc(OC(C)C)cc2)CC1. The molecule has 2 aliphatic heterocycles. The summed E-state index contributed by atoms with van der Waals surface area (Å²) >= 11 is 0. The molecule has 0 atom stereocenters. The van der Waals surface area contributed by atoms with Crippen LogP contribution in [0.4, 0.5) is 10.5 Å². The van der Waals surface area contributed by atoms with Crippen molar-refractivity contribution in [1.82, 2.24) is 4.31 Å². The van der Waals surface area contributed by atoms with Gasteiger partial charge in [-0.05, 0) is 63.9 Å². The van der Waals surface area contributed by atoms with Crippen molar-refractivity contribution >= 4 is 21.8 Å². The Bertz CT molecular complexity index is 1060. The van der Waals surface area contributed by atoms with Gasteiger partial charge in [0.2, 0.25) is 10.0 Å². The molecule has 1 saturated heterocycles. The number of sulfonamides is 1. The van der Waals surface area contributed by atoms with Gasteiger partial charge in [-0.2, -0.15) is 4.31 Å². The van der Waals surface area contributed by atoms with Gasteiger partial charge in [0.15, 0.2) is 0 Å². The van der Waals surface area contributed by atoms with Crippen LogP contribution in [0.5, 0.6) is 5.75 Å². The van der Waals surface area contributed by atoms with E-state index in [1.807, 2.05) is 39.0 Å². The smallest absolute Gasteiger partial charge is 0.414 e. The fraction of sp³-hybridized carbons (Fsp3) is 0.435. The normalized spacial score (nSPS) is 18.1. The molecule has 0 bridgehead atoms. The Kier molecular flexibility index (Phi) is 5.94. The van der Waals surface area contributed by atoms with E-state index in [0.717, 1.165) is 16.8 Å². The lowest BCUT2D eigenvalue weighted by Crippen LogP contribution is -2.50. The number of rotatable bonds is 5. The van der Waals surface area contributed by atoms with Gasteiger partial charge >= 0.3 is 6.09 Å². The second-order valence-electron chi connectivity index (χ2n) is 8.33. The van der Waals surface area contributed by atoms with Crippen molar-refractivity contribution in [3.63, 3.8) is 0 Å². The molecule has 166 valence electrons. The molecule has 4 rings (SSSR count). The molecule has 0 unspecified atom stereocenters. The number of benzene rings is 2. The Morgan fingerprint density at radius 3 is 2.39 bits per heavy atom. The van der Waals surface area contributed by atoms with Crippen LogP contribution in [-0.4, -0.2) is 44.1 Å². The number of carbonyl (C=O) groups excluding carboxylic acids is 1. The number of aryl methyl sites for hydroxylation is 1. The van der Waals surface area contributed by atoms with Crippen LogP contribution in [0.25, 0.3) is 0 Å². The number of piperidine rings is 1. The molecule has 2 heterocycles. The maximum absolute atomic E-state index is 13.1. The number of hydrogen-bond acceptors (Lipinski definition) is 5. The fourth-order valence-corrected chi connectivity index (χ4v) is 5.64. The molecule has 8 heteroatoms. The highest BCUT2D eigenvalue weighted by Crippen LogP contribution is 2.33. The van der Waals surface area contributed by atoms with Gasteiger partial charge in [-0.3, -0.25) is 4.90 Å². The molecular formula is C23H28N2O5S. The zero-order valence-corrected chi connectivity index (χ0v) is 18.9. The second-order valence-corrected chi connectivity index (χ2v) is 10.3. The topological polar surface area (TPSA) is 76.2 Å². The highest BCUT2D eigenvalue weighted by atomic mass is 32.2. The van der Waals surface area contributed by atoms with E-state index in [1.54, 1.807) is 29.2 Å². The summed E-state index contributed by atoms with van der Waals surface area (Å²) in [5.41, 5.74) is 2.96. The Morgan fingerprint density at radius 2 is 1.74 bits per heavy atom. The van der Waals surface area contributed by atoms with Crippen LogP contribution in [0.2, 0.25) is 0 Å². The molecule has 2 aromatic rings. The molecule has 1 fully saturated rings. The molecule has 0 saturated carbocycles. The third-order valence-corrected chi connectivity index (χ3v) is 7.58. The molecule has 1 amide bonds. The molecule has 2 aliphatic rings. The van der Waals surface area contributed by atoms with E-state index in [2.05, 4.69) is 0 Å². The van der Waals surface area contributed by atoms with Crippen molar-refractivity contribution in [2.45, 2.75) is 57.3 Å². The van der Waals surface area contributed by atoms with Gasteiger partial charge < -0.3 is 9.47 Å². The number of anilines is 1. The molecular weight excluding hydrogens is 416 g/mol. The van der Waals surface area contributed by atoms with Gasteiger partial charge in [0, 0.05) is 24.7 Å². The molecule has 0 aromatic heterocycles. The third-order valence-electron chi connectivity index (χ3n) is 5.66. The Morgan fingerprint density at radius 1 is 1.06 bits per heavy atom. The quantitative estimate of drug-likeness (QED) is 0.694. The lowest BCUT2D eigenvalue weighted by Gasteiger charge is -2.39. The predicted molar refractivity (Wildman–Crippen MR) is 118 cm³/mol. The number of amides is 1. The molecule has 0 aliphatic carbocycles. The van der Waals surface area contributed by atoms with E-state index in [1.165, 1.54) is 4.31 Å². The molecule has 2 aromatic carbocycles. The van der Waals surface area contributed by atoms with Crippen molar-refractivity contribution in [3.05, 3.63) is 53.6 Å². The number of carbonyl (C=O) groups is 1. The molecule has 7 nitrogen and oxygen atoms in total. The van der Waals surface area contributed by atoms with Crippen molar-refractivity contribution in [3.8, 4) is 5.75 Å². The first kappa shape index (κ1) is 21.6. The Balaban J connectivity index is 1.47. The second kappa shape index (κ2) is 8.51. The van der Waals surface area contributed by atoms with E-state index in [-0.39, 0.29) is 29.7 Å². The fourth-order valence-electron chi connectivity index (χ4n) is 4.17. The summed E-state index contributed by atoms with van der Waals surface area (Å²) in [4.78, 5) is 14.5. The van der Waals surface area contributed by atoms with Gasteiger partial charge in [-0.15, -0.1) is 0 Å². The van der Waals surface area contributed by atoms with Gasteiger partial charge in [0.1, 0.15) is 12.4 Å². The average Bonchev–Trinajstić information content (AvgIpc) is 2.74. The Labute approximate surface area is 183 Å². The van der Waals surface area contributed by atoms with E-state index >= 15 is 0 Å². The van der Waals surface area contributed by atoms with E-state index in [9.17, 15) is 13.2 Å². The van der Waals surface area contributed by atoms with Crippen LogP contribution in [0.3, 0.4) is 0 Å². The van der Waals surface area contributed by atoms with Gasteiger partial charge in [-0.1, -0.05) is 17.7 Å². The highest BCUT2D eigenvalue weighted by molar-refractivity contribution is 7.89. The van der Waals surface area contributed by atoms with Gasteiger partial charge in [-0.25, -0.2) is 13.2 Å². The summed E-state index contributed by atoms with van der Waals surface area (Å²) < 4.78 is 38.6. The lowest BCUT2D eigenvalue weighted by atomic mass is 10.0. The largest absolute Gasteiger partial charge is 0.491 e. The van der Waals surface area contributed by atoms with E-state index < -0.39 is 10.0 Å². The van der Waals surface area contributed by atoms with Crippen LogP contribution < -0.4 is 9.64 Å². The van der Waals surface area contributed by atoms with Crippen molar-refractivity contribution in [2.24, 2.45) is 0 Å². The molecule has 0 N–H and O–H groups in total. The molecule has 0 spiro atoms. The first-order valence-electron chi connectivity index (χ1n) is 10.6. The predicted octanol–water partition coefficient (Wildman–Crippen LogP) is 4.09. The summed E-state index contributed by atoms with van der Waals surface area (Å²) in [7, 11) is -3.60. The third kappa shape index (κ3) is 4.41. The Hall–Kier alpha value is -2.58. The minimum atomic E-state index is -3.60. The first-order chi connectivity index (χ1) is 14.8. The standard InChI is InChI=1S/C23H28N2O5S/c1-16(2)30-20-5-7-21(8-6-20)31(27,28)24-12-10-19(11-13-24)25-22-9-4-17(3)14-18(22)15-29-23(25)26/h4-9,14,16,19H,10-13,15H2,1-3H3. The minimum absolute atomic E-state index is 0.0250. The maximum Gasteiger partial charge on any atom is 0.414 e. The van der Waals surface area contributed by atoms with Crippen molar-refractivity contribution in [1.29, 1.82) is 0 Å². The van der Waals surface area contributed by atoms with Crippen LogP contribution >= 0.6 is 0 Å². The summed E-state index contributed by atoms with van der Waals surface area (Å²) in [6, 6.07) is 12.4. The summed E-state index contributed by atoms with van der Waals surface area (Å²) in [6.07, 6.45) is 0.766. The van der Waals surface area contributed by atoms with E-state index in [0.29, 0.717) is 31.7 Å². The summed E-state index contributed by atoms with van der Waals surface area (Å²) in [5, 5.41) is 0. The van der Waals surface area contributed by atoms with Crippen LogP contribution in [0.1, 0.15) is 37.8 Å². The molecule has 0 radical (unpaired) electrons. The van der Waals surface area contributed by atoms with Crippen LogP contribution in [0, 0.1) is 6.92 Å². The number of ether oxygens (including phenoxy) is 2. The summed E-state index contributed by atoms with van der Waals surface area (Å²) in [5.74, 6) is 0.644. The van der Waals surface area contributed by atoms with E-state index in [4.69, 9.17) is 9.47 Å². The zero-order chi connectivity index (χ0) is 22.2. The highest BCUT2D eigenvalue weighted by Gasteiger charge is 2.37. The lowest BCUT2D eigenvalue weighted by molar-refractivity contribution is 0.135. The van der Waals surface area contributed by atoms with Crippen molar-refractivity contribution in [2.75, 3.05) is 18.0 Å². The number of nitrogens with zero attached hydrogens (tertiary/aromatic N) is 2. The van der Waals surface area contributed by atoms with Gasteiger partial charge in [0.25, 0.3) is 0 Å². The summed E-state index contributed by atoms with van der Waals surface area (Å²) in [6.45, 7) is 6.82. The number of fused-ring (bicyclic) bond motifs is 1. The average molecular weight is 445 g/mol. The zero-order valence-electron chi connectivity index (χ0n) is 18.1. The van der Waals surface area contributed by atoms with Gasteiger partial charge in [0.05, 0.1) is 16.7 Å². The minimum Gasteiger partial charge on any atom is -0.491 e. The number of hydrogen-bond donors (Lipinski definition) is 0.